The van der Waals surface area contributed by atoms with Gasteiger partial charge in [-0.25, -0.2) is 0 Å². The second kappa shape index (κ2) is 19.4. The van der Waals surface area contributed by atoms with Crippen LogP contribution in [0.25, 0.3) is 0 Å². The van der Waals surface area contributed by atoms with Gasteiger partial charge in [-0.1, -0.05) is 104 Å². The number of carboxylic acids is 1. The van der Waals surface area contributed by atoms with Gasteiger partial charge < -0.3 is 19.1 Å². The second-order valence-corrected chi connectivity index (χ2v) is 10.8. The number of aliphatic carboxylic acids is 1. The van der Waals surface area contributed by atoms with E-state index in [2.05, 4.69) is 13.8 Å². The smallest absolute Gasteiger partial charge is 0.306 e. The first-order valence-corrected chi connectivity index (χ1v) is 13.3. The summed E-state index contributed by atoms with van der Waals surface area (Å²) in [5.41, 5.74) is 0. The first kappa shape index (κ1) is 30.9. The fourth-order valence-corrected chi connectivity index (χ4v) is 4.26. The zero-order chi connectivity index (χ0) is 24.2. The molecule has 0 rings (SSSR count). The van der Waals surface area contributed by atoms with Crippen LogP contribution in [0.15, 0.2) is 0 Å². The van der Waals surface area contributed by atoms with Gasteiger partial charge in [0, 0.05) is 18.8 Å². The van der Waals surface area contributed by atoms with E-state index in [0.29, 0.717) is 23.4 Å². The molecule has 0 radical (unpaired) electrons. The van der Waals surface area contributed by atoms with E-state index in [4.69, 9.17) is 4.74 Å². The van der Waals surface area contributed by atoms with Crippen LogP contribution >= 0.6 is 0 Å². The number of rotatable bonds is 22. The molecular formula is C27H53NO4. The van der Waals surface area contributed by atoms with E-state index in [1.54, 1.807) is 0 Å². The van der Waals surface area contributed by atoms with E-state index in [1.165, 1.54) is 83.5 Å². The number of likely N-dealkylation sites (N-methyl/N-ethyl adjacent to an activating group) is 1. The Kier molecular flexibility index (Phi) is 18.7. The lowest BCUT2D eigenvalue weighted by atomic mass is 9.96. The largest absolute Gasteiger partial charge is 0.550 e. The zero-order valence-corrected chi connectivity index (χ0v) is 22.0. The number of hydrogen-bond donors (Lipinski definition) is 0. The number of esters is 1. The minimum Gasteiger partial charge on any atom is -0.550 e. The number of quaternary nitrogens is 1. The van der Waals surface area contributed by atoms with Crippen molar-refractivity contribution in [3.05, 3.63) is 0 Å². The first-order chi connectivity index (χ1) is 15.1. The number of hydrogen-bond acceptors (Lipinski definition) is 4. The molecule has 0 bridgehead atoms. The highest BCUT2D eigenvalue weighted by Crippen LogP contribution is 2.18. The summed E-state index contributed by atoms with van der Waals surface area (Å²) in [5, 5.41) is 10.9. The molecule has 0 spiro atoms. The van der Waals surface area contributed by atoms with Crippen molar-refractivity contribution in [2.24, 2.45) is 5.92 Å². The van der Waals surface area contributed by atoms with E-state index in [9.17, 15) is 14.7 Å². The van der Waals surface area contributed by atoms with Crippen LogP contribution in [0.1, 0.15) is 123 Å². The van der Waals surface area contributed by atoms with Gasteiger partial charge in [0.15, 0.2) is 6.10 Å². The molecule has 2 atom stereocenters. The summed E-state index contributed by atoms with van der Waals surface area (Å²) in [6.07, 6.45) is 19.0. The van der Waals surface area contributed by atoms with Crippen molar-refractivity contribution in [1.82, 2.24) is 0 Å². The number of unbranched alkanes of at least 4 members (excludes halogenated alkanes) is 11. The van der Waals surface area contributed by atoms with Crippen LogP contribution in [0.5, 0.6) is 0 Å². The van der Waals surface area contributed by atoms with E-state index >= 15 is 0 Å². The highest BCUT2D eigenvalue weighted by molar-refractivity contribution is 5.70. The topological polar surface area (TPSA) is 66.4 Å². The Morgan fingerprint density at radius 1 is 0.781 bits per heavy atom. The molecule has 0 saturated heterocycles. The lowest BCUT2D eigenvalue weighted by Crippen LogP contribution is -2.45. The van der Waals surface area contributed by atoms with Crippen LogP contribution < -0.4 is 5.11 Å². The third kappa shape index (κ3) is 22.1. The number of ether oxygens (including phenoxy) is 1. The SMILES string of the molecule is CCCCCCCCCCCCCCC(C)CCCC(=O)OC(CC(=O)[O-])C[N+](C)(C)C. The summed E-state index contributed by atoms with van der Waals surface area (Å²) in [4.78, 5) is 23.1. The van der Waals surface area contributed by atoms with Gasteiger partial charge in [0.05, 0.1) is 21.1 Å². The van der Waals surface area contributed by atoms with E-state index < -0.39 is 12.1 Å². The van der Waals surface area contributed by atoms with Crippen LogP contribution in [0.2, 0.25) is 0 Å². The molecule has 0 aliphatic rings. The van der Waals surface area contributed by atoms with Gasteiger partial charge in [0.2, 0.25) is 0 Å². The molecule has 0 aromatic rings. The monoisotopic (exact) mass is 455 g/mol. The summed E-state index contributed by atoms with van der Waals surface area (Å²) in [6.45, 7) is 5.00. The quantitative estimate of drug-likeness (QED) is 0.120. The summed E-state index contributed by atoms with van der Waals surface area (Å²) in [6, 6.07) is 0. The molecule has 2 unspecified atom stereocenters. The van der Waals surface area contributed by atoms with E-state index in [-0.39, 0.29) is 12.4 Å². The maximum atomic E-state index is 12.1. The van der Waals surface area contributed by atoms with Gasteiger partial charge in [-0.3, -0.25) is 4.79 Å². The highest BCUT2D eigenvalue weighted by Gasteiger charge is 2.22. The Labute approximate surface area is 198 Å². The second-order valence-electron chi connectivity index (χ2n) is 10.8. The van der Waals surface area contributed by atoms with Crippen molar-refractivity contribution in [1.29, 1.82) is 0 Å². The molecule has 0 N–H and O–H groups in total. The first-order valence-electron chi connectivity index (χ1n) is 13.3. The summed E-state index contributed by atoms with van der Waals surface area (Å²) in [5.74, 6) is -0.842. The highest BCUT2D eigenvalue weighted by atomic mass is 16.5. The van der Waals surface area contributed by atoms with E-state index in [1.807, 2.05) is 21.1 Å². The van der Waals surface area contributed by atoms with Crippen molar-refractivity contribution in [3.8, 4) is 0 Å². The molecule has 5 nitrogen and oxygen atoms in total. The molecule has 0 amide bonds. The van der Waals surface area contributed by atoms with Crippen molar-refractivity contribution in [2.75, 3.05) is 27.7 Å². The molecule has 5 heteroatoms. The summed E-state index contributed by atoms with van der Waals surface area (Å²) in [7, 11) is 5.86. The number of nitrogens with zero attached hydrogens (tertiary/aromatic N) is 1. The summed E-state index contributed by atoms with van der Waals surface area (Å²) < 4.78 is 5.96. The van der Waals surface area contributed by atoms with Gasteiger partial charge in [0.25, 0.3) is 0 Å². The molecule has 0 saturated carbocycles. The minimum absolute atomic E-state index is 0.239. The van der Waals surface area contributed by atoms with Crippen molar-refractivity contribution in [3.63, 3.8) is 0 Å². The van der Waals surface area contributed by atoms with Crippen LogP contribution in [0.4, 0.5) is 0 Å². The van der Waals surface area contributed by atoms with Crippen LogP contribution in [-0.4, -0.2) is 50.2 Å². The normalized spacial score (nSPS) is 13.7. The van der Waals surface area contributed by atoms with Gasteiger partial charge >= 0.3 is 5.97 Å². The molecule has 0 fully saturated rings. The van der Waals surface area contributed by atoms with Crippen LogP contribution in [0, 0.1) is 5.92 Å². The molecular weight excluding hydrogens is 402 g/mol. The standard InChI is InChI=1S/C27H53NO4/c1-6-7-8-9-10-11-12-13-14-15-16-17-19-24(2)20-18-21-27(31)32-25(22-26(29)30)23-28(3,4)5/h24-25H,6-23H2,1-5H3. The molecule has 32 heavy (non-hydrogen) atoms. The Balaban J connectivity index is 3.70. The summed E-state index contributed by atoms with van der Waals surface area (Å²) >= 11 is 0. The molecule has 0 aliphatic carbocycles. The maximum Gasteiger partial charge on any atom is 0.306 e. The van der Waals surface area contributed by atoms with Gasteiger partial charge in [0.1, 0.15) is 6.54 Å². The Bertz CT molecular complexity index is 473. The maximum absolute atomic E-state index is 12.1. The van der Waals surface area contributed by atoms with Crippen molar-refractivity contribution in [2.45, 2.75) is 129 Å². The average Bonchev–Trinajstić information content (AvgIpc) is 2.67. The molecule has 0 aromatic heterocycles. The minimum atomic E-state index is -1.17. The van der Waals surface area contributed by atoms with E-state index in [0.717, 1.165) is 12.8 Å². The predicted octanol–water partition coefficient (Wildman–Crippen LogP) is 5.64. The number of carbonyl (C=O) groups is 2. The van der Waals surface area contributed by atoms with Gasteiger partial charge in [-0.2, -0.15) is 0 Å². The zero-order valence-electron chi connectivity index (χ0n) is 22.0. The molecule has 0 aromatic carbocycles. The van der Waals surface area contributed by atoms with Gasteiger partial charge in [-0.15, -0.1) is 0 Å². The molecule has 0 heterocycles. The Morgan fingerprint density at radius 3 is 1.72 bits per heavy atom. The fraction of sp³-hybridized carbons (Fsp3) is 0.926. The molecule has 0 aliphatic heterocycles. The number of carbonyl (C=O) groups excluding carboxylic acids is 2. The Hall–Kier alpha value is -1.10. The fourth-order valence-electron chi connectivity index (χ4n) is 4.26. The lowest BCUT2D eigenvalue weighted by Gasteiger charge is -2.29. The van der Waals surface area contributed by atoms with Crippen molar-refractivity contribution >= 4 is 11.9 Å². The van der Waals surface area contributed by atoms with Crippen LogP contribution in [0.3, 0.4) is 0 Å². The number of carboxylic acid groups (broad SMARTS) is 1. The van der Waals surface area contributed by atoms with Gasteiger partial charge in [-0.05, 0) is 12.3 Å². The van der Waals surface area contributed by atoms with Crippen LogP contribution in [-0.2, 0) is 14.3 Å². The molecule has 190 valence electrons. The average molecular weight is 456 g/mol. The predicted molar refractivity (Wildman–Crippen MR) is 131 cm³/mol. The Morgan fingerprint density at radius 2 is 1.25 bits per heavy atom. The van der Waals surface area contributed by atoms with Crippen molar-refractivity contribution < 1.29 is 23.9 Å². The third-order valence-corrected chi connectivity index (χ3v) is 6.07. The lowest BCUT2D eigenvalue weighted by molar-refractivity contribution is -0.873. The third-order valence-electron chi connectivity index (χ3n) is 6.07.